The van der Waals surface area contributed by atoms with E-state index in [0.29, 0.717) is 5.39 Å². The van der Waals surface area contributed by atoms with Crippen LogP contribution >= 0.6 is 15.9 Å². The zero-order valence-electron chi connectivity index (χ0n) is 7.22. The van der Waals surface area contributed by atoms with Crippen molar-refractivity contribution in [2.24, 2.45) is 0 Å². The van der Waals surface area contributed by atoms with Crippen LogP contribution in [0.25, 0.3) is 10.9 Å². The fourth-order valence-corrected chi connectivity index (χ4v) is 1.45. The number of rotatable bonds is 1. The molecule has 0 unspecified atom stereocenters. The summed E-state index contributed by atoms with van der Waals surface area (Å²) in [5.74, 6) is -0.810. The van der Waals surface area contributed by atoms with Crippen LogP contribution in [0.2, 0.25) is 0 Å². The minimum atomic E-state index is -3.24. The third-order valence-electron chi connectivity index (χ3n) is 1.90. The molecule has 1 heterocycles. The lowest BCUT2D eigenvalue weighted by molar-refractivity contribution is 0.114. The first-order chi connectivity index (χ1) is 6.98. The number of benzene rings is 1. The van der Waals surface area contributed by atoms with Gasteiger partial charge in [0.05, 0.1) is 6.20 Å². The van der Waals surface area contributed by atoms with Crippen molar-refractivity contribution in [3.8, 4) is 0 Å². The summed E-state index contributed by atoms with van der Waals surface area (Å²) in [6.07, 6.45) is 1.32. The van der Waals surface area contributed by atoms with Gasteiger partial charge < -0.3 is 0 Å². The molecule has 0 aliphatic rings. The summed E-state index contributed by atoms with van der Waals surface area (Å²) in [7, 11) is 0. The number of fused-ring (bicyclic) bond motifs is 1. The monoisotopic (exact) mass is 276 g/mol. The van der Waals surface area contributed by atoms with Gasteiger partial charge in [-0.2, -0.15) is 13.9 Å². The first-order valence-corrected chi connectivity index (χ1v) is 4.76. The lowest BCUT2D eigenvalue weighted by Gasteiger charge is -2.09. The second-order valence-corrected chi connectivity index (χ2v) is 3.92. The van der Waals surface area contributed by atoms with Crippen LogP contribution in [0.1, 0.15) is 5.56 Å². The van der Waals surface area contributed by atoms with E-state index >= 15 is 0 Å². The van der Waals surface area contributed by atoms with Gasteiger partial charge in [-0.1, -0.05) is 0 Å². The van der Waals surface area contributed by atoms with Crippen LogP contribution in [0.5, 0.6) is 0 Å². The molecule has 6 heteroatoms. The van der Waals surface area contributed by atoms with E-state index < -0.39 is 16.2 Å². The highest BCUT2D eigenvalue weighted by Gasteiger charge is 2.28. The molecule has 0 bridgehead atoms. The molecular formula is C9H4BrF3N2. The molecule has 0 atom stereocenters. The van der Waals surface area contributed by atoms with Crippen molar-refractivity contribution < 1.29 is 13.2 Å². The minimum Gasteiger partial charge on any atom is -0.205 e. The van der Waals surface area contributed by atoms with Gasteiger partial charge in [0.25, 0.3) is 0 Å². The summed E-state index contributed by atoms with van der Waals surface area (Å²) >= 11 is 2.17. The predicted octanol–water partition coefficient (Wildman–Crippen LogP) is 3.21. The van der Waals surface area contributed by atoms with Gasteiger partial charge in [-0.25, -0.2) is 4.39 Å². The number of hydrogen-bond donors (Lipinski definition) is 0. The third-order valence-corrected chi connectivity index (χ3v) is 2.36. The van der Waals surface area contributed by atoms with Crippen LogP contribution in [-0.4, -0.2) is 10.2 Å². The molecule has 0 N–H and O–H groups in total. The summed E-state index contributed by atoms with van der Waals surface area (Å²) in [5, 5.41) is 7.29. The first kappa shape index (κ1) is 10.4. The Hall–Kier alpha value is -1.17. The fraction of sp³-hybridized carbons (Fsp3) is 0.111. The molecule has 1 aromatic heterocycles. The molecule has 2 aromatic rings. The molecule has 0 amide bonds. The van der Waals surface area contributed by atoms with Crippen LogP contribution in [0, 0.1) is 5.82 Å². The SMILES string of the molecule is Fc1cc(C(F)(F)Br)cc2ccnnc12. The Balaban J connectivity index is 2.73. The average molecular weight is 277 g/mol. The van der Waals surface area contributed by atoms with Crippen molar-refractivity contribution in [1.82, 2.24) is 10.2 Å². The van der Waals surface area contributed by atoms with Crippen molar-refractivity contribution in [3.05, 3.63) is 35.8 Å². The van der Waals surface area contributed by atoms with Crippen LogP contribution < -0.4 is 0 Å². The molecule has 15 heavy (non-hydrogen) atoms. The standard InChI is InChI=1S/C9H4BrF3N2/c10-9(12,13)6-3-5-1-2-14-15-8(5)7(11)4-6/h1-4H. The van der Waals surface area contributed by atoms with Gasteiger partial charge in [-0.15, -0.1) is 5.10 Å². The summed E-state index contributed by atoms with van der Waals surface area (Å²) in [4.78, 5) is -3.24. The fourth-order valence-electron chi connectivity index (χ4n) is 1.22. The summed E-state index contributed by atoms with van der Waals surface area (Å²) < 4.78 is 39.1. The van der Waals surface area contributed by atoms with Crippen molar-refractivity contribution >= 4 is 26.8 Å². The maximum Gasteiger partial charge on any atom is 0.326 e. The van der Waals surface area contributed by atoms with E-state index in [0.717, 1.165) is 6.07 Å². The molecule has 0 spiro atoms. The van der Waals surface area contributed by atoms with E-state index in [1.54, 1.807) is 0 Å². The van der Waals surface area contributed by atoms with E-state index in [1.165, 1.54) is 18.3 Å². The summed E-state index contributed by atoms with van der Waals surface area (Å²) in [6.45, 7) is 0. The molecule has 0 aliphatic heterocycles. The molecule has 0 radical (unpaired) electrons. The van der Waals surface area contributed by atoms with Crippen LogP contribution in [0.4, 0.5) is 13.2 Å². The third kappa shape index (κ3) is 1.94. The van der Waals surface area contributed by atoms with E-state index in [4.69, 9.17) is 0 Å². The van der Waals surface area contributed by atoms with Crippen LogP contribution in [-0.2, 0) is 4.83 Å². The van der Waals surface area contributed by atoms with Crippen molar-refractivity contribution in [3.63, 3.8) is 0 Å². The smallest absolute Gasteiger partial charge is 0.205 e. The zero-order valence-corrected chi connectivity index (χ0v) is 8.80. The van der Waals surface area contributed by atoms with Gasteiger partial charge in [0, 0.05) is 10.9 Å². The molecule has 78 valence electrons. The Morgan fingerprint density at radius 2 is 2.00 bits per heavy atom. The number of halogens is 4. The van der Waals surface area contributed by atoms with E-state index in [1.807, 2.05) is 0 Å². The van der Waals surface area contributed by atoms with Crippen LogP contribution in [0.3, 0.4) is 0 Å². The van der Waals surface area contributed by atoms with Gasteiger partial charge in [0.15, 0.2) is 5.82 Å². The second kappa shape index (κ2) is 3.44. The lowest BCUT2D eigenvalue weighted by atomic mass is 10.1. The van der Waals surface area contributed by atoms with Gasteiger partial charge in [-0.3, -0.25) is 0 Å². The highest BCUT2D eigenvalue weighted by atomic mass is 79.9. The predicted molar refractivity (Wildman–Crippen MR) is 52.3 cm³/mol. The average Bonchev–Trinajstić information content (AvgIpc) is 2.16. The Kier molecular flexibility index (Phi) is 2.38. The van der Waals surface area contributed by atoms with Gasteiger partial charge >= 0.3 is 4.83 Å². The van der Waals surface area contributed by atoms with Gasteiger partial charge in [0.2, 0.25) is 0 Å². The Morgan fingerprint density at radius 1 is 1.27 bits per heavy atom. The summed E-state index contributed by atoms with van der Waals surface area (Å²) in [5.41, 5.74) is -0.460. The molecular weight excluding hydrogens is 273 g/mol. The quantitative estimate of drug-likeness (QED) is 0.748. The maximum atomic E-state index is 13.3. The Bertz CT molecular complexity index is 510. The van der Waals surface area contributed by atoms with Crippen LogP contribution in [0.15, 0.2) is 24.4 Å². The number of alkyl halides is 3. The topological polar surface area (TPSA) is 25.8 Å². The maximum absolute atomic E-state index is 13.3. The van der Waals surface area contributed by atoms with Crippen molar-refractivity contribution in [2.75, 3.05) is 0 Å². The molecule has 0 saturated heterocycles. The number of nitrogens with zero attached hydrogens (tertiary/aromatic N) is 2. The first-order valence-electron chi connectivity index (χ1n) is 3.96. The zero-order chi connectivity index (χ0) is 11.1. The summed E-state index contributed by atoms with van der Waals surface area (Å²) in [6, 6.07) is 3.33. The highest BCUT2D eigenvalue weighted by molar-refractivity contribution is 9.09. The largest absolute Gasteiger partial charge is 0.326 e. The highest BCUT2D eigenvalue weighted by Crippen LogP contribution is 2.36. The second-order valence-electron chi connectivity index (χ2n) is 2.92. The Labute approximate surface area is 91.2 Å². The Morgan fingerprint density at radius 3 is 2.67 bits per heavy atom. The van der Waals surface area contributed by atoms with Crippen molar-refractivity contribution in [1.29, 1.82) is 0 Å². The van der Waals surface area contributed by atoms with E-state index in [2.05, 4.69) is 26.1 Å². The van der Waals surface area contributed by atoms with E-state index in [9.17, 15) is 13.2 Å². The normalized spacial score (nSPS) is 12.0. The lowest BCUT2D eigenvalue weighted by Crippen LogP contribution is -2.03. The minimum absolute atomic E-state index is 0.0157. The number of aromatic nitrogens is 2. The molecule has 0 saturated carbocycles. The molecule has 1 aromatic carbocycles. The van der Waals surface area contributed by atoms with Crippen molar-refractivity contribution in [2.45, 2.75) is 4.83 Å². The molecule has 2 nitrogen and oxygen atoms in total. The number of hydrogen-bond acceptors (Lipinski definition) is 2. The van der Waals surface area contributed by atoms with E-state index in [-0.39, 0.29) is 5.52 Å². The van der Waals surface area contributed by atoms with Gasteiger partial charge in [-0.05, 0) is 34.1 Å². The molecule has 0 aliphatic carbocycles. The molecule has 0 fully saturated rings. The molecule has 2 rings (SSSR count). The van der Waals surface area contributed by atoms with Gasteiger partial charge in [0.1, 0.15) is 5.52 Å².